The fourth-order valence-corrected chi connectivity index (χ4v) is 1.57. The van der Waals surface area contributed by atoms with Gasteiger partial charge in [-0.1, -0.05) is 18.2 Å². The number of morpholine rings is 1. The summed E-state index contributed by atoms with van der Waals surface area (Å²) >= 11 is 0. The van der Waals surface area contributed by atoms with Crippen molar-refractivity contribution in [2.75, 3.05) is 25.2 Å². The maximum absolute atomic E-state index is 5.37. The molecule has 0 bridgehead atoms. The summed E-state index contributed by atoms with van der Waals surface area (Å²) in [7, 11) is 0. The Kier molecular flexibility index (Phi) is 3.01. The van der Waals surface area contributed by atoms with Crippen LogP contribution in [0.2, 0.25) is 0 Å². The monoisotopic (exact) mass is 192 g/mol. The lowest BCUT2D eigenvalue weighted by atomic mass is 10.3. The molecule has 1 N–H and O–H groups in total. The highest BCUT2D eigenvalue weighted by molar-refractivity contribution is 5.41. The van der Waals surface area contributed by atoms with Crippen LogP contribution < -0.4 is 5.43 Å². The number of ether oxygens (including phenoxy) is 1. The first-order valence-electron chi connectivity index (χ1n) is 5.02. The molecule has 3 nitrogen and oxygen atoms in total. The lowest BCUT2D eigenvalue weighted by Gasteiger charge is -2.33. The van der Waals surface area contributed by atoms with Crippen LogP contribution in [0, 0.1) is 0 Å². The van der Waals surface area contributed by atoms with Crippen molar-refractivity contribution in [3.05, 3.63) is 30.3 Å². The van der Waals surface area contributed by atoms with Gasteiger partial charge >= 0.3 is 0 Å². The second kappa shape index (κ2) is 4.44. The normalized spacial score (nSPS) is 23.4. The molecule has 1 aromatic rings. The summed E-state index contributed by atoms with van der Waals surface area (Å²) in [6.07, 6.45) is 0. The van der Waals surface area contributed by atoms with Crippen molar-refractivity contribution in [2.24, 2.45) is 0 Å². The van der Waals surface area contributed by atoms with Gasteiger partial charge in [0.05, 0.1) is 13.2 Å². The SMILES string of the molecule is CC1COCCN1Nc1ccccc1. The van der Waals surface area contributed by atoms with Crippen molar-refractivity contribution in [2.45, 2.75) is 13.0 Å². The second-order valence-corrected chi connectivity index (χ2v) is 3.60. The summed E-state index contributed by atoms with van der Waals surface area (Å²) in [6, 6.07) is 10.7. The summed E-state index contributed by atoms with van der Waals surface area (Å²) < 4.78 is 5.37. The van der Waals surface area contributed by atoms with Crippen molar-refractivity contribution < 1.29 is 4.74 Å². The van der Waals surface area contributed by atoms with Crippen molar-refractivity contribution in [3.8, 4) is 0 Å². The van der Waals surface area contributed by atoms with E-state index in [0.29, 0.717) is 6.04 Å². The van der Waals surface area contributed by atoms with Gasteiger partial charge in [0, 0.05) is 18.3 Å². The molecule has 0 aromatic heterocycles. The first-order valence-corrected chi connectivity index (χ1v) is 5.02. The van der Waals surface area contributed by atoms with Crippen LogP contribution in [0.3, 0.4) is 0 Å². The first-order chi connectivity index (χ1) is 6.86. The molecule has 1 heterocycles. The molecule has 2 rings (SSSR count). The van der Waals surface area contributed by atoms with Crippen LogP contribution in [0.5, 0.6) is 0 Å². The molecular weight excluding hydrogens is 176 g/mol. The largest absolute Gasteiger partial charge is 0.378 e. The number of nitrogens with zero attached hydrogens (tertiary/aromatic N) is 1. The van der Waals surface area contributed by atoms with Gasteiger partial charge in [0.1, 0.15) is 0 Å². The summed E-state index contributed by atoms with van der Waals surface area (Å²) in [6.45, 7) is 4.72. The van der Waals surface area contributed by atoms with Crippen LogP contribution in [0.15, 0.2) is 30.3 Å². The Morgan fingerprint density at radius 1 is 1.36 bits per heavy atom. The highest BCUT2D eigenvalue weighted by Gasteiger charge is 2.17. The Bertz CT molecular complexity index is 276. The zero-order valence-corrected chi connectivity index (χ0v) is 8.44. The number of para-hydroxylation sites is 1. The molecule has 76 valence electrons. The number of benzene rings is 1. The number of hydrogen-bond acceptors (Lipinski definition) is 3. The molecule has 1 fully saturated rings. The highest BCUT2D eigenvalue weighted by atomic mass is 16.5. The molecular formula is C11H16N2O. The fourth-order valence-electron chi connectivity index (χ4n) is 1.57. The van der Waals surface area contributed by atoms with Crippen LogP contribution in [0.1, 0.15) is 6.92 Å². The van der Waals surface area contributed by atoms with Crippen molar-refractivity contribution in [1.82, 2.24) is 5.01 Å². The Hall–Kier alpha value is -1.06. The van der Waals surface area contributed by atoms with Crippen molar-refractivity contribution >= 4 is 5.69 Å². The molecule has 3 heteroatoms. The van der Waals surface area contributed by atoms with Gasteiger partial charge in [-0.3, -0.25) is 0 Å². The van der Waals surface area contributed by atoms with Crippen LogP contribution in [-0.2, 0) is 4.74 Å². The Balaban J connectivity index is 1.96. The van der Waals surface area contributed by atoms with E-state index in [-0.39, 0.29) is 0 Å². The summed E-state index contributed by atoms with van der Waals surface area (Å²) in [5.74, 6) is 0. The van der Waals surface area contributed by atoms with Gasteiger partial charge in [0.15, 0.2) is 0 Å². The van der Waals surface area contributed by atoms with E-state index < -0.39 is 0 Å². The number of hydrazine groups is 1. The molecule has 0 amide bonds. The van der Waals surface area contributed by atoms with Gasteiger partial charge in [-0.25, -0.2) is 5.01 Å². The second-order valence-electron chi connectivity index (χ2n) is 3.60. The minimum absolute atomic E-state index is 0.434. The smallest absolute Gasteiger partial charge is 0.0638 e. The van der Waals surface area contributed by atoms with Crippen molar-refractivity contribution in [1.29, 1.82) is 0 Å². The zero-order chi connectivity index (χ0) is 9.80. The molecule has 1 atom stereocenters. The van der Waals surface area contributed by atoms with E-state index in [1.165, 1.54) is 0 Å². The average Bonchev–Trinajstić information content (AvgIpc) is 2.23. The van der Waals surface area contributed by atoms with E-state index >= 15 is 0 Å². The predicted octanol–water partition coefficient (Wildman–Crippen LogP) is 1.73. The fraction of sp³-hybridized carbons (Fsp3) is 0.455. The number of hydrogen-bond donors (Lipinski definition) is 1. The minimum Gasteiger partial charge on any atom is -0.378 e. The molecule has 1 aliphatic heterocycles. The van der Waals surface area contributed by atoms with E-state index in [9.17, 15) is 0 Å². The van der Waals surface area contributed by atoms with Crippen LogP contribution in [0.4, 0.5) is 5.69 Å². The molecule has 1 unspecified atom stereocenters. The number of anilines is 1. The van der Waals surface area contributed by atoms with E-state index in [2.05, 4.69) is 29.5 Å². The molecule has 0 radical (unpaired) electrons. The average molecular weight is 192 g/mol. The van der Waals surface area contributed by atoms with Gasteiger partial charge in [-0.05, 0) is 19.1 Å². The van der Waals surface area contributed by atoms with E-state index in [1.54, 1.807) is 0 Å². The molecule has 0 saturated carbocycles. The molecule has 14 heavy (non-hydrogen) atoms. The van der Waals surface area contributed by atoms with Crippen molar-refractivity contribution in [3.63, 3.8) is 0 Å². The summed E-state index contributed by atoms with van der Waals surface area (Å²) in [5.41, 5.74) is 4.52. The van der Waals surface area contributed by atoms with E-state index in [1.807, 2.05) is 18.2 Å². The standard InChI is InChI=1S/C11H16N2O/c1-10-9-14-8-7-13(10)12-11-5-3-2-4-6-11/h2-6,10,12H,7-9H2,1H3. The minimum atomic E-state index is 0.434. The first kappa shape index (κ1) is 9.49. The topological polar surface area (TPSA) is 24.5 Å². The van der Waals surface area contributed by atoms with Crippen LogP contribution >= 0.6 is 0 Å². The lowest BCUT2D eigenvalue weighted by molar-refractivity contribution is 0.0124. The number of nitrogens with one attached hydrogen (secondary N) is 1. The zero-order valence-electron chi connectivity index (χ0n) is 8.44. The molecule has 1 aliphatic rings. The Morgan fingerprint density at radius 3 is 2.86 bits per heavy atom. The van der Waals surface area contributed by atoms with Crippen LogP contribution in [0.25, 0.3) is 0 Å². The third-order valence-electron chi connectivity index (χ3n) is 2.41. The highest BCUT2D eigenvalue weighted by Crippen LogP contribution is 2.11. The Labute approximate surface area is 84.6 Å². The summed E-state index contributed by atoms with van der Waals surface area (Å²) in [5, 5.41) is 2.22. The molecule has 1 saturated heterocycles. The molecule has 1 aromatic carbocycles. The van der Waals surface area contributed by atoms with Gasteiger partial charge in [-0.2, -0.15) is 0 Å². The van der Waals surface area contributed by atoms with Gasteiger partial charge in [0.25, 0.3) is 0 Å². The number of rotatable bonds is 2. The summed E-state index contributed by atoms with van der Waals surface area (Å²) in [4.78, 5) is 0. The Morgan fingerprint density at radius 2 is 2.14 bits per heavy atom. The molecule has 0 spiro atoms. The van der Waals surface area contributed by atoms with Gasteiger partial charge in [0.2, 0.25) is 0 Å². The quantitative estimate of drug-likeness (QED) is 0.772. The van der Waals surface area contributed by atoms with Crippen LogP contribution in [-0.4, -0.2) is 30.8 Å². The third-order valence-corrected chi connectivity index (χ3v) is 2.41. The predicted molar refractivity (Wildman–Crippen MR) is 57.1 cm³/mol. The van der Waals surface area contributed by atoms with Gasteiger partial charge < -0.3 is 10.2 Å². The maximum atomic E-state index is 5.37. The third kappa shape index (κ3) is 2.25. The van der Waals surface area contributed by atoms with E-state index in [4.69, 9.17) is 4.74 Å². The maximum Gasteiger partial charge on any atom is 0.0638 e. The van der Waals surface area contributed by atoms with E-state index in [0.717, 1.165) is 25.4 Å². The molecule has 0 aliphatic carbocycles. The van der Waals surface area contributed by atoms with Gasteiger partial charge in [-0.15, -0.1) is 0 Å². The lowest BCUT2D eigenvalue weighted by Crippen LogP contribution is -2.46.